The second kappa shape index (κ2) is 9.53. The van der Waals surface area contributed by atoms with Crippen molar-refractivity contribution in [2.45, 2.75) is 17.9 Å². The van der Waals surface area contributed by atoms with Gasteiger partial charge in [-0.1, -0.05) is 30.3 Å². The largest absolute Gasteiger partial charge is 0.497 e. The first-order chi connectivity index (χ1) is 14.9. The maximum Gasteiger partial charge on any atom is 0.261 e. The number of hydrogen-bond donors (Lipinski definition) is 2. The summed E-state index contributed by atoms with van der Waals surface area (Å²) in [4.78, 5) is 13.1. The maximum atomic E-state index is 13.0. The molecule has 0 heterocycles. The third-order valence-electron chi connectivity index (χ3n) is 4.72. The van der Waals surface area contributed by atoms with Crippen LogP contribution in [0.1, 0.15) is 28.9 Å². The van der Waals surface area contributed by atoms with Crippen LogP contribution < -0.4 is 19.5 Å². The van der Waals surface area contributed by atoms with Crippen LogP contribution in [0.4, 0.5) is 5.69 Å². The molecule has 3 aromatic rings. The van der Waals surface area contributed by atoms with Gasteiger partial charge < -0.3 is 14.8 Å². The third-order valence-corrected chi connectivity index (χ3v) is 6.10. The number of rotatable bonds is 8. The number of methoxy groups -OCH3 is 2. The number of benzene rings is 3. The van der Waals surface area contributed by atoms with Crippen LogP contribution >= 0.6 is 0 Å². The summed E-state index contributed by atoms with van der Waals surface area (Å²) in [5, 5.41) is 2.90. The normalized spacial score (nSPS) is 12.0. The average Bonchev–Trinajstić information content (AvgIpc) is 2.79. The van der Waals surface area contributed by atoms with E-state index in [1.165, 1.54) is 12.1 Å². The molecule has 0 aliphatic rings. The fourth-order valence-electron chi connectivity index (χ4n) is 3.10. The molecule has 0 spiro atoms. The molecule has 162 valence electrons. The summed E-state index contributed by atoms with van der Waals surface area (Å²) in [6, 6.07) is 19.3. The van der Waals surface area contributed by atoms with Gasteiger partial charge in [-0.3, -0.25) is 9.52 Å². The Morgan fingerprint density at radius 3 is 2.26 bits per heavy atom. The van der Waals surface area contributed by atoms with Crippen LogP contribution in [0.5, 0.6) is 11.5 Å². The van der Waals surface area contributed by atoms with E-state index in [0.29, 0.717) is 11.5 Å². The third kappa shape index (κ3) is 5.16. The van der Waals surface area contributed by atoms with E-state index in [0.717, 1.165) is 5.56 Å². The fourth-order valence-corrected chi connectivity index (χ4v) is 4.20. The van der Waals surface area contributed by atoms with Crippen molar-refractivity contribution in [2.24, 2.45) is 0 Å². The molecule has 2 N–H and O–H groups in total. The molecule has 3 aromatic carbocycles. The van der Waals surface area contributed by atoms with E-state index in [9.17, 15) is 13.2 Å². The molecule has 0 bridgehead atoms. The van der Waals surface area contributed by atoms with Gasteiger partial charge >= 0.3 is 0 Å². The Labute approximate surface area is 182 Å². The molecular formula is C23H24N2O5S. The Morgan fingerprint density at radius 1 is 0.903 bits per heavy atom. The minimum Gasteiger partial charge on any atom is -0.497 e. The summed E-state index contributed by atoms with van der Waals surface area (Å²) >= 11 is 0. The molecule has 0 aromatic heterocycles. The lowest BCUT2D eigenvalue weighted by atomic mass is 10.1. The number of ether oxygens (including phenoxy) is 2. The number of carbonyl (C=O) groups is 1. The molecule has 31 heavy (non-hydrogen) atoms. The molecule has 0 aliphatic heterocycles. The van der Waals surface area contributed by atoms with Crippen molar-refractivity contribution in [1.29, 1.82) is 0 Å². The number of sulfonamides is 1. The van der Waals surface area contributed by atoms with Gasteiger partial charge in [-0.05, 0) is 49.4 Å². The molecule has 0 fully saturated rings. The number of carbonyl (C=O) groups excluding carboxylic acids is 1. The van der Waals surface area contributed by atoms with Crippen LogP contribution in [0.15, 0.2) is 77.7 Å². The van der Waals surface area contributed by atoms with Crippen LogP contribution in [0.3, 0.4) is 0 Å². The van der Waals surface area contributed by atoms with Crippen molar-refractivity contribution in [2.75, 3.05) is 18.9 Å². The summed E-state index contributed by atoms with van der Waals surface area (Å²) in [5.74, 6) is 0.809. The summed E-state index contributed by atoms with van der Waals surface area (Å²) in [6.07, 6.45) is 0. The zero-order valence-electron chi connectivity index (χ0n) is 17.5. The standard InChI is InChI=1S/C23H24N2O5S/c1-16(20-15-17(29-2)13-14-22(20)30-3)24-23(26)19-11-7-8-12-21(19)25-31(27,28)18-9-5-4-6-10-18/h4-16,25H,1-3H3,(H,24,26)/t16-/m0/s1. The second-order valence-corrected chi connectivity index (χ2v) is 8.45. The highest BCUT2D eigenvalue weighted by Crippen LogP contribution is 2.30. The quantitative estimate of drug-likeness (QED) is 0.552. The molecule has 0 saturated carbocycles. The Bertz CT molecular complexity index is 1160. The van der Waals surface area contributed by atoms with Crippen LogP contribution in [-0.2, 0) is 10.0 Å². The number of nitrogens with one attached hydrogen (secondary N) is 2. The zero-order valence-corrected chi connectivity index (χ0v) is 18.3. The highest BCUT2D eigenvalue weighted by Gasteiger charge is 2.21. The predicted molar refractivity (Wildman–Crippen MR) is 119 cm³/mol. The molecule has 7 nitrogen and oxygen atoms in total. The molecule has 1 atom stereocenters. The highest BCUT2D eigenvalue weighted by atomic mass is 32.2. The van der Waals surface area contributed by atoms with Crippen LogP contribution in [-0.4, -0.2) is 28.5 Å². The lowest BCUT2D eigenvalue weighted by molar-refractivity contribution is 0.0940. The van der Waals surface area contributed by atoms with E-state index in [2.05, 4.69) is 10.0 Å². The summed E-state index contributed by atoms with van der Waals surface area (Å²) < 4.78 is 38.6. The van der Waals surface area contributed by atoms with E-state index in [4.69, 9.17) is 9.47 Å². The topological polar surface area (TPSA) is 93.7 Å². The summed E-state index contributed by atoms with van der Waals surface area (Å²) in [5.41, 5.74) is 1.13. The van der Waals surface area contributed by atoms with Crippen molar-refractivity contribution < 1.29 is 22.7 Å². The molecule has 0 aliphatic carbocycles. The fraction of sp³-hybridized carbons (Fsp3) is 0.174. The Morgan fingerprint density at radius 2 is 1.58 bits per heavy atom. The van der Waals surface area contributed by atoms with E-state index < -0.39 is 22.0 Å². The Kier molecular flexibility index (Phi) is 6.81. The number of hydrogen-bond acceptors (Lipinski definition) is 5. The molecule has 8 heteroatoms. The van der Waals surface area contributed by atoms with Gasteiger partial charge in [0, 0.05) is 5.56 Å². The van der Waals surface area contributed by atoms with Gasteiger partial charge in [0.15, 0.2) is 0 Å². The van der Waals surface area contributed by atoms with Crippen molar-refractivity contribution in [1.82, 2.24) is 5.32 Å². The van der Waals surface area contributed by atoms with Gasteiger partial charge in [-0.2, -0.15) is 0 Å². The van der Waals surface area contributed by atoms with Gasteiger partial charge in [-0.15, -0.1) is 0 Å². The van der Waals surface area contributed by atoms with Crippen molar-refractivity contribution in [3.8, 4) is 11.5 Å². The lowest BCUT2D eigenvalue weighted by Gasteiger charge is -2.19. The van der Waals surface area contributed by atoms with Crippen LogP contribution in [0.25, 0.3) is 0 Å². The predicted octanol–water partition coefficient (Wildman–Crippen LogP) is 4.00. The van der Waals surface area contributed by atoms with E-state index in [-0.39, 0.29) is 16.1 Å². The van der Waals surface area contributed by atoms with Crippen LogP contribution in [0.2, 0.25) is 0 Å². The monoisotopic (exact) mass is 440 g/mol. The first-order valence-electron chi connectivity index (χ1n) is 9.55. The minimum atomic E-state index is -3.84. The van der Waals surface area contributed by atoms with E-state index >= 15 is 0 Å². The van der Waals surface area contributed by atoms with Gasteiger partial charge in [-0.25, -0.2) is 8.42 Å². The SMILES string of the molecule is COc1ccc(OC)c([C@H](C)NC(=O)c2ccccc2NS(=O)(=O)c2ccccc2)c1. The molecule has 0 saturated heterocycles. The summed E-state index contributed by atoms with van der Waals surface area (Å²) in [6.45, 7) is 1.81. The molecular weight excluding hydrogens is 416 g/mol. The van der Waals surface area contributed by atoms with Crippen molar-refractivity contribution in [3.05, 3.63) is 83.9 Å². The average molecular weight is 441 g/mol. The molecule has 3 rings (SSSR count). The van der Waals surface area contributed by atoms with Gasteiger partial charge in [0.05, 0.1) is 36.4 Å². The first kappa shape index (κ1) is 22.2. The molecule has 0 unspecified atom stereocenters. The minimum absolute atomic E-state index is 0.111. The Hall–Kier alpha value is -3.52. The number of anilines is 1. The lowest BCUT2D eigenvalue weighted by Crippen LogP contribution is -2.28. The van der Waals surface area contributed by atoms with Crippen LogP contribution in [0, 0.1) is 0 Å². The van der Waals surface area contributed by atoms with Gasteiger partial charge in [0.2, 0.25) is 0 Å². The van der Waals surface area contributed by atoms with E-state index in [1.54, 1.807) is 74.9 Å². The van der Waals surface area contributed by atoms with E-state index in [1.807, 2.05) is 6.92 Å². The molecule has 0 radical (unpaired) electrons. The van der Waals surface area contributed by atoms with Crippen molar-refractivity contribution in [3.63, 3.8) is 0 Å². The zero-order chi connectivity index (χ0) is 22.4. The number of amides is 1. The first-order valence-corrected chi connectivity index (χ1v) is 11.0. The maximum absolute atomic E-state index is 13.0. The smallest absolute Gasteiger partial charge is 0.261 e. The van der Waals surface area contributed by atoms with Gasteiger partial charge in [0.1, 0.15) is 11.5 Å². The Balaban J connectivity index is 1.85. The van der Waals surface area contributed by atoms with Gasteiger partial charge in [0.25, 0.3) is 15.9 Å². The molecule has 1 amide bonds. The highest BCUT2D eigenvalue weighted by molar-refractivity contribution is 7.92. The van der Waals surface area contributed by atoms with Crippen molar-refractivity contribution >= 4 is 21.6 Å². The second-order valence-electron chi connectivity index (χ2n) is 6.77. The number of para-hydroxylation sites is 1. The summed E-state index contributed by atoms with van der Waals surface area (Å²) in [7, 11) is -0.728.